The zero-order valence-corrected chi connectivity index (χ0v) is 10.7. The molecule has 0 spiro atoms. The Morgan fingerprint density at radius 2 is 2.40 bits per heavy atom. The first kappa shape index (κ1) is 7.85. The van der Waals surface area contributed by atoms with Crippen LogP contribution in [-0.4, -0.2) is 19.2 Å². The maximum atomic E-state index is 5.50. The predicted octanol–water partition coefficient (Wildman–Crippen LogP) is -1.05. The van der Waals surface area contributed by atoms with Crippen molar-refractivity contribution in [3.05, 3.63) is 0 Å². The van der Waals surface area contributed by atoms with E-state index < -0.39 is 14.3 Å². The molecule has 0 saturated carbocycles. The quantitative estimate of drug-likeness (QED) is 0.451. The Hall–Kier alpha value is 1.22. The van der Waals surface area contributed by atoms with Gasteiger partial charge in [-0.05, 0) is 0 Å². The summed E-state index contributed by atoms with van der Waals surface area (Å²) in [6.07, 6.45) is 0. The normalized spacial score (nSPS) is 50.5. The van der Waals surface area contributed by atoms with Gasteiger partial charge >= 0.3 is 72.4 Å². The van der Waals surface area contributed by atoms with Crippen molar-refractivity contribution in [3.63, 3.8) is 0 Å². The second-order valence-corrected chi connectivity index (χ2v) is 26.4. The van der Waals surface area contributed by atoms with Gasteiger partial charge in [0.25, 0.3) is 0 Å². The van der Waals surface area contributed by atoms with Crippen LogP contribution in [-0.2, 0) is 4.74 Å². The van der Waals surface area contributed by atoms with Gasteiger partial charge in [-0.15, -0.1) is 0 Å². The van der Waals surface area contributed by atoms with Crippen LogP contribution < -0.4 is 17.2 Å². The van der Waals surface area contributed by atoms with E-state index in [1.165, 1.54) is 6.54 Å². The zero-order chi connectivity index (χ0) is 7.41. The number of ether oxygens (including phenoxy) is 1. The first-order valence-electron chi connectivity index (χ1n) is 3.27. The van der Waals surface area contributed by atoms with Gasteiger partial charge in [0.15, 0.2) is 0 Å². The summed E-state index contributed by atoms with van der Waals surface area (Å²) < 4.78 is 11.6. The molecule has 0 bridgehead atoms. The Bertz CT molecular complexity index is 224. The van der Waals surface area contributed by atoms with E-state index in [2.05, 4.69) is 13.8 Å². The number of hydrogen-bond donors (Lipinski definition) is 0. The summed E-state index contributed by atoms with van der Waals surface area (Å²) >= 11 is -0.926. The van der Waals surface area contributed by atoms with Gasteiger partial charge in [0.05, 0.1) is 0 Å². The SMILES string of the molecule is COC(C)(C)I12=NCC1[I-]2. The molecule has 2 aliphatic rings. The van der Waals surface area contributed by atoms with Crippen LogP contribution in [0.2, 0.25) is 0 Å². The first-order chi connectivity index (χ1) is 4.62. The number of nitrogens with zero attached hydrogens (tertiary/aromatic N) is 1. The fourth-order valence-electron chi connectivity index (χ4n) is 1.05. The molecule has 0 N–H and O–H groups in total. The third-order valence-electron chi connectivity index (χ3n) is 2.01. The van der Waals surface area contributed by atoms with Gasteiger partial charge in [-0.1, -0.05) is 0 Å². The molecule has 2 rings (SSSR count). The van der Waals surface area contributed by atoms with Crippen molar-refractivity contribution in [2.75, 3.05) is 13.7 Å². The first-order valence-corrected chi connectivity index (χ1v) is 14.1. The summed E-state index contributed by atoms with van der Waals surface area (Å²) in [5, 5.41) is 0. The van der Waals surface area contributed by atoms with Crippen LogP contribution in [0.25, 0.3) is 0 Å². The third kappa shape index (κ3) is 0.782. The number of methoxy groups -OCH3 is 1. The molecule has 2 nitrogen and oxygen atoms in total. The van der Waals surface area contributed by atoms with Gasteiger partial charge < -0.3 is 0 Å². The summed E-state index contributed by atoms with van der Waals surface area (Å²) in [5.41, 5.74) is 0. The van der Waals surface area contributed by atoms with Crippen molar-refractivity contribution in [1.29, 1.82) is 0 Å². The Labute approximate surface area is 71.8 Å². The van der Waals surface area contributed by atoms with Crippen molar-refractivity contribution in [3.8, 4) is 0 Å². The fourth-order valence-corrected chi connectivity index (χ4v) is 33.9. The molecule has 0 aromatic heterocycles. The van der Waals surface area contributed by atoms with E-state index in [4.69, 9.17) is 7.88 Å². The molecule has 2 heterocycles. The molecule has 62 valence electrons. The van der Waals surface area contributed by atoms with Crippen LogP contribution in [0.5, 0.6) is 0 Å². The van der Waals surface area contributed by atoms with Gasteiger partial charge in [0.2, 0.25) is 0 Å². The van der Waals surface area contributed by atoms with Gasteiger partial charge in [-0.25, -0.2) is 0 Å². The molecule has 2 unspecified atom stereocenters. The summed E-state index contributed by atoms with van der Waals surface area (Å²) in [7, 11) is 1.84. The van der Waals surface area contributed by atoms with Gasteiger partial charge in [0, 0.05) is 0 Å². The van der Waals surface area contributed by atoms with Crippen molar-refractivity contribution >= 4 is 14.3 Å². The Kier molecular flexibility index (Phi) is 1.67. The van der Waals surface area contributed by atoms with Gasteiger partial charge in [0.1, 0.15) is 0 Å². The summed E-state index contributed by atoms with van der Waals surface area (Å²) in [4.78, 5) is 0. The minimum absolute atomic E-state index is 0.211. The molecular weight excluding hydrogens is 356 g/mol. The Morgan fingerprint density at radius 3 is 2.50 bits per heavy atom. The van der Waals surface area contributed by atoms with Crippen LogP contribution in [0.4, 0.5) is 0 Å². The molecule has 2 aliphatic heterocycles. The molecule has 0 aromatic rings. The Morgan fingerprint density at radius 1 is 1.70 bits per heavy atom. The average molecular weight is 368 g/mol. The molecular formula is C6H12I2NO-. The molecule has 2 atom stereocenters. The summed E-state index contributed by atoms with van der Waals surface area (Å²) in [6, 6.07) is 0. The number of halogens is 2. The van der Waals surface area contributed by atoms with Crippen molar-refractivity contribution in [2.24, 2.45) is 3.15 Å². The van der Waals surface area contributed by atoms with E-state index in [0.717, 1.165) is 1.93 Å². The number of fused-ring (bicyclic) bond motifs is 1. The number of alkyl halides is 3. The van der Waals surface area contributed by atoms with E-state index in [1.54, 1.807) is 0 Å². The molecule has 10 heavy (non-hydrogen) atoms. The van der Waals surface area contributed by atoms with E-state index in [0.29, 0.717) is 17.2 Å². The molecule has 4 heteroatoms. The van der Waals surface area contributed by atoms with Crippen LogP contribution in [0, 0.1) is 0 Å². The van der Waals surface area contributed by atoms with Crippen molar-refractivity contribution < 1.29 is 22.0 Å². The second-order valence-electron chi connectivity index (χ2n) is 2.85. The van der Waals surface area contributed by atoms with Crippen LogP contribution in [0.15, 0.2) is 3.15 Å². The van der Waals surface area contributed by atoms with Gasteiger partial charge in [-0.2, -0.15) is 0 Å². The van der Waals surface area contributed by atoms with Crippen molar-refractivity contribution in [1.82, 2.24) is 0 Å². The molecule has 0 radical (unpaired) electrons. The molecule has 1 fully saturated rings. The Balaban J connectivity index is 2.27. The minimum atomic E-state index is -1.46. The zero-order valence-electron chi connectivity index (χ0n) is 6.40. The van der Waals surface area contributed by atoms with E-state index >= 15 is 0 Å². The summed E-state index contributed by atoms with van der Waals surface area (Å²) in [5.74, 6) is 0. The molecule has 1 saturated heterocycles. The monoisotopic (exact) mass is 368 g/mol. The summed E-state index contributed by atoms with van der Waals surface area (Å²) in [6.45, 7) is 5.69. The van der Waals surface area contributed by atoms with Gasteiger partial charge in [-0.3, -0.25) is 0 Å². The fraction of sp³-hybridized carbons (Fsp3) is 1.00. The third-order valence-corrected chi connectivity index (χ3v) is 33.1. The topological polar surface area (TPSA) is 21.6 Å². The molecule has 0 amide bonds. The predicted molar refractivity (Wildman–Crippen MR) is 46.2 cm³/mol. The van der Waals surface area contributed by atoms with E-state index in [1.807, 2.05) is 7.11 Å². The average Bonchev–Trinajstić information content (AvgIpc) is 2.37. The second kappa shape index (κ2) is 2.12. The van der Waals surface area contributed by atoms with E-state index in [-0.39, 0.29) is 3.61 Å². The number of rotatable bonds is 2. The standard InChI is InChI=1S/C6H12I2NO/c1-6(2,10-3)8-5(7-8)4-9-8/h5H,4H2,1-3H3/q-1. The van der Waals surface area contributed by atoms with Crippen LogP contribution in [0.3, 0.4) is 0 Å². The van der Waals surface area contributed by atoms with Crippen LogP contribution >= 0.6 is 14.3 Å². The number of hydrogen-bond acceptors (Lipinski definition) is 2. The molecule has 0 aliphatic carbocycles. The molecule has 0 aromatic carbocycles. The maximum absolute atomic E-state index is 5.50. The van der Waals surface area contributed by atoms with Crippen molar-refractivity contribution in [2.45, 2.75) is 19.4 Å². The van der Waals surface area contributed by atoms with Crippen LogP contribution in [0.1, 0.15) is 13.8 Å². The van der Waals surface area contributed by atoms with E-state index in [9.17, 15) is 0 Å².